The maximum atomic E-state index is 13.4. The molecule has 0 aromatic heterocycles. The fourth-order valence-corrected chi connectivity index (χ4v) is 2.46. The highest BCUT2D eigenvalue weighted by Gasteiger charge is 2.18. The van der Waals surface area contributed by atoms with Gasteiger partial charge >= 0.3 is 5.97 Å². The Kier molecular flexibility index (Phi) is 7.74. The van der Waals surface area contributed by atoms with Crippen LogP contribution in [-0.4, -0.2) is 41.6 Å². The van der Waals surface area contributed by atoms with Crippen molar-refractivity contribution < 1.29 is 33.0 Å². The molecule has 0 heterocycles. The van der Waals surface area contributed by atoms with Crippen LogP contribution >= 0.6 is 0 Å². The molecule has 0 bridgehead atoms. The summed E-state index contributed by atoms with van der Waals surface area (Å²) in [6.45, 7) is 1.73. The summed E-state index contributed by atoms with van der Waals surface area (Å²) in [4.78, 5) is 24.7. The lowest BCUT2D eigenvalue weighted by atomic mass is 10.2. The summed E-state index contributed by atoms with van der Waals surface area (Å²) in [7, 11) is 0. The van der Waals surface area contributed by atoms with E-state index in [1.54, 1.807) is 24.3 Å². The maximum absolute atomic E-state index is 13.4. The van der Waals surface area contributed by atoms with Gasteiger partial charge in [0.15, 0.2) is 29.7 Å². The summed E-state index contributed by atoms with van der Waals surface area (Å²) >= 11 is 0. The van der Waals surface area contributed by atoms with Crippen LogP contribution in [0.2, 0.25) is 0 Å². The quantitative estimate of drug-likeness (QED) is 0.671. The first-order valence-electron chi connectivity index (χ1n) is 8.68. The zero-order valence-corrected chi connectivity index (χ0v) is 15.4. The Labute approximate surface area is 161 Å². The smallest absolute Gasteiger partial charge is 0.305 e. The second-order valence-electron chi connectivity index (χ2n) is 5.88. The van der Waals surface area contributed by atoms with Crippen LogP contribution in [0, 0.1) is 11.6 Å². The average molecular weight is 393 g/mol. The van der Waals surface area contributed by atoms with Crippen LogP contribution in [0.3, 0.4) is 0 Å². The molecule has 0 saturated heterocycles. The number of hydrogen-bond acceptors (Lipinski definition) is 4. The zero-order chi connectivity index (χ0) is 20.5. The number of carboxylic acids is 1. The first-order chi connectivity index (χ1) is 13.4. The van der Waals surface area contributed by atoms with E-state index in [9.17, 15) is 18.4 Å². The number of carbonyl (C=O) groups excluding carboxylic acids is 1. The number of ether oxygens (including phenoxy) is 2. The summed E-state index contributed by atoms with van der Waals surface area (Å²) in [5.74, 6) is -2.74. The Morgan fingerprint density at radius 1 is 1.04 bits per heavy atom. The van der Waals surface area contributed by atoms with E-state index in [1.165, 1.54) is 11.0 Å². The second-order valence-corrected chi connectivity index (χ2v) is 5.88. The molecule has 2 aromatic rings. The Balaban J connectivity index is 2.08. The van der Waals surface area contributed by atoms with Crippen molar-refractivity contribution in [2.45, 2.75) is 19.9 Å². The van der Waals surface area contributed by atoms with E-state index in [4.69, 9.17) is 14.6 Å². The third-order valence-electron chi connectivity index (χ3n) is 3.81. The van der Waals surface area contributed by atoms with Gasteiger partial charge in [0.1, 0.15) is 0 Å². The van der Waals surface area contributed by atoms with Gasteiger partial charge in [0.25, 0.3) is 5.91 Å². The van der Waals surface area contributed by atoms with Crippen LogP contribution in [0.1, 0.15) is 18.9 Å². The van der Waals surface area contributed by atoms with Crippen molar-refractivity contribution in [2.75, 3.05) is 19.8 Å². The monoisotopic (exact) mass is 393 g/mol. The van der Waals surface area contributed by atoms with Gasteiger partial charge in [-0.05, 0) is 36.8 Å². The number of hydrogen-bond donors (Lipinski definition) is 1. The summed E-state index contributed by atoms with van der Waals surface area (Å²) < 4.78 is 37.5. The Morgan fingerprint density at radius 2 is 1.71 bits per heavy atom. The predicted molar refractivity (Wildman–Crippen MR) is 97.1 cm³/mol. The predicted octanol–water partition coefficient (Wildman–Crippen LogP) is 3.25. The van der Waals surface area contributed by atoms with Gasteiger partial charge in [-0.1, -0.05) is 18.2 Å². The molecule has 28 heavy (non-hydrogen) atoms. The first kappa shape index (κ1) is 21.1. The Hall–Kier alpha value is -3.16. The molecular weight excluding hydrogens is 372 g/mol. The molecule has 0 atom stereocenters. The summed E-state index contributed by atoms with van der Waals surface area (Å²) in [5.41, 5.74) is 0.340. The standard InChI is InChI=1S/C20H21F2NO5/c1-2-27-17-5-3-4-6-18(17)28-13-19(24)23(10-9-20(25)26)12-14-7-8-15(21)16(22)11-14/h3-8,11H,2,9-10,12-13H2,1H3,(H,25,26). The van der Waals surface area contributed by atoms with Crippen molar-refractivity contribution in [3.05, 3.63) is 59.7 Å². The normalized spacial score (nSPS) is 10.4. The minimum absolute atomic E-state index is 0.0697. The van der Waals surface area contributed by atoms with Crippen molar-refractivity contribution in [3.63, 3.8) is 0 Å². The van der Waals surface area contributed by atoms with E-state index < -0.39 is 23.5 Å². The lowest BCUT2D eigenvalue weighted by Gasteiger charge is -2.22. The number of nitrogens with zero attached hydrogens (tertiary/aromatic N) is 1. The Morgan fingerprint density at radius 3 is 2.32 bits per heavy atom. The van der Waals surface area contributed by atoms with Gasteiger partial charge in [0.05, 0.1) is 13.0 Å². The molecule has 0 radical (unpaired) electrons. The highest BCUT2D eigenvalue weighted by molar-refractivity contribution is 5.78. The van der Waals surface area contributed by atoms with Gasteiger partial charge in [-0.25, -0.2) is 8.78 Å². The molecule has 6 nitrogen and oxygen atoms in total. The second kappa shape index (κ2) is 10.2. The fourth-order valence-electron chi connectivity index (χ4n) is 2.46. The fraction of sp³-hybridized carbons (Fsp3) is 0.300. The number of benzene rings is 2. The van der Waals surface area contributed by atoms with Gasteiger partial charge in [0, 0.05) is 13.1 Å². The molecule has 8 heteroatoms. The molecule has 1 amide bonds. The van der Waals surface area contributed by atoms with Crippen LogP contribution in [0.4, 0.5) is 8.78 Å². The summed E-state index contributed by atoms with van der Waals surface area (Å²) in [6.07, 6.45) is -0.287. The van der Waals surface area contributed by atoms with Gasteiger partial charge in [-0.2, -0.15) is 0 Å². The van der Waals surface area contributed by atoms with E-state index in [2.05, 4.69) is 0 Å². The van der Waals surface area contributed by atoms with Crippen LogP contribution < -0.4 is 9.47 Å². The minimum Gasteiger partial charge on any atom is -0.490 e. The summed E-state index contributed by atoms with van der Waals surface area (Å²) in [6, 6.07) is 10.1. The molecule has 0 fully saturated rings. The highest BCUT2D eigenvalue weighted by Crippen LogP contribution is 2.26. The molecule has 150 valence electrons. The summed E-state index contributed by atoms with van der Waals surface area (Å²) in [5, 5.41) is 8.90. The van der Waals surface area contributed by atoms with Crippen LogP contribution in [0.5, 0.6) is 11.5 Å². The van der Waals surface area contributed by atoms with E-state index in [1.807, 2.05) is 6.92 Å². The number of para-hydroxylation sites is 2. The molecule has 1 N–H and O–H groups in total. The van der Waals surface area contributed by atoms with Crippen molar-refractivity contribution in [3.8, 4) is 11.5 Å². The van der Waals surface area contributed by atoms with Crippen LogP contribution in [-0.2, 0) is 16.1 Å². The number of carbonyl (C=O) groups is 2. The van der Waals surface area contributed by atoms with Crippen LogP contribution in [0.25, 0.3) is 0 Å². The highest BCUT2D eigenvalue weighted by atomic mass is 19.2. The van der Waals surface area contributed by atoms with E-state index in [0.29, 0.717) is 23.7 Å². The molecule has 0 unspecified atom stereocenters. The Bertz CT molecular complexity index is 828. The molecule has 2 rings (SSSR count). The minimum atomic E-state index is -1.08. The van der Waals surface area contributed by atoms with Crippen molar-refractivity contribution in [1.29, 1.82) is 0 Å². The maximum Gasteiger partial charge on any atom is 0.305 e. The first-order valence-corrected chi connectivity index (χ1v) is 8.68. The molecule has 0 spiro atoms. The van der Waals surface area contributed by atoms with Gasteiger partial charge < -0.3 is 19.5 Å². The van der Waals surface area contributed by atoms with Crippen molar-refractivity contribution >= 4 is 11.9 Å². The molecule has 0 aliphatic heterocycles. The molecule has 0 saturated carbocycles. The van der Waals surface area contributed by atoms with Crippen molar-refractivity contribution in [2.24, 2.45) is 0 Å². The lowest BCUT2D eigenvalue weighted by molar-refractivity contribution is -0.139. The average Bonchev–Trinajstić information content (AvgIpc) is 2.67. The van der Waals surface area contributed by atoms with Crippen LogP contribution in [0.15, 0.2) is 42.5 Å². The van der Waals surface area contributed by atoms with Crippen molar-refractivity contribution in [1.82, 2.24) is 4.90 Å². The number of carboxylic acid groups (broad SMARTS) is 1. The largest absolute Gasteiger partial charge is 0.490 e. The molecule has 0 aliphatic rings. The number of halogens is 2. The van der Waals surface area contributed by atoms with E-state index in [-0.39, 0.29) is 26.1 Å². The SMILES string of the molecule is CCOc1ccccc1OCC(=O)N(CCC(=O)O)Cc1ccc(F)c(F)c1. The third-order valence-corrected chi connectivity index (χ3v) is 3.81. The molecule has 0 aliphatic carbocycles. The van der Waals surface area contributed by atoms with E-state index >= 15 is 0 Å². The van der Waals surface area contributed by atoms with Gasteiger partial charge in [-0.15, -0.1) is 0 Å². The molecular formula is C20H21F2NO5. The molecule has 2 aromatic carbocycles. The zero-order valence-electron chi connectivity index (χ0n) is 15.4. The number of aliphatic carboxylic acids is 1. The topological polar surface area (TPSA) is 76.1 Å². The third kappa shape index (κ3) is 6.22. The van der Waals surface area contributed by atoms with E-state index in [0.717, 1.165) is 12.1 Å². The lowest BCUT2D eigenvalue weighted by Crippen LogP contribution is -2.36. The van der Waals surface area contributed by atoms with Gasteiger partial charge in [0.2, 0.25) is 0 Å². The van der Waals surface area contributed by atoms with Gasteiger partial charge in [-0.3, -0.25) is 9.59 Å². The number of amides is 1. The number of rotatable bonds is 10.